The lowest BCUT2D eigenvalue weighted by molar-refractivity contribution is -0.153. The van der Waals surface area contributed by atoms with Gasteiger partial charge in [0.25, 0.3) is 0 Å². The molecule has 0 aliphatic heterocycles. The Morgan fingerprint density at radius 1 is 1.60 bits per heavy atom. The highest BCUT2D eigenvalue weighted by Crippen LogP contribution is 2.27. The van der Waals surface area contributed by atoms with Crippen LogP contribution < -0.4 is 0 Å². The predicted molar refractivity (Wildman–Crippen MR) is 39.0 cm³/mol. The molecule has 0 bridgehead atoms. The molecule has 1 rings (SSSR count). The van der Waals surface area contributed by atoms with Crippen LogP contribution in [0.2, 0.25) is 0 Å². The van der Waals surface area contributed by atoms with Crippen molar-refractivity contribution in [3.8, 4) is 0 Å². The standard InChI is InChI=1S/C8H13O2/c1-2-10-8(9)6-4-3-5-7-8/h2,6,9H,1,3-5,7H2. The second-order valence-corrected chi connectivity index (χ2v) is 2.58. The zero-order chi connectivity index (χ0) is 7.45. The first kappa shape index (κ1) is 7.61. The van der Waals surface area contributed by atoms with Crippen LogP contribution in [-0.2, 0) is 4.74 Å². The van der Waals surface area contributed by atoms with Crippen molar-refractivity contribution >= 4 is 0 Å². The third kappa shape index (κ3) is 1.74. The topological polar surface area (TPSA) is 29.5 Å². The van der Waals surface area contributed by atoms with Crippen molar-refractivity contribution in [3.63, 3.8) is 0 Å². The summed E-state index contributed by atoms with van der Waals surface area (Å²) in [5, 5.41) is 9.52. The van der Waals surface area contributed by atoms with Crippen LogP contribution in [0.5, 0.6) is 0 Å². The first-order valence-electron chi connectivity index (χ1n) is 3.62. The van der Waals surface area contributed by atoms with Crippen molar-refractivity contribution in [2.75, 3.05) is 0 Å². The van der Waals surface area contributed by atoms with Gasteiger partial charge < -0.3 is 9.84 Å². The first-order chi connectivity index (χ1) is 4.77. The molecule has 10 heavy (non-hydrogen) atoms. The average Bonchev–Trinajstić information content (AvgIpc) is 1.89. The lowest BCUT2D eigenvalue weighted by atomic mass is 9.94. The molecule has 0 spiro atoms. The quantitative estimate of drug-likeness (QED) is 0.467. The summed E-state index contributed by atoms with van der Waals surface area (Å²) in [6, 6.07) is 0. The van der Waals surface area contributed by atoms with E-state index < -0.39 is 5.79 Å². The summed E-state index contributed by atoms with van der Waals surface area (Å²) >= 11 is 0. The van der Waals surface area contributed by atoms with Gasteiger partial charge in [-0.1, -0.05) is 13.0 Å². The Morgan fingerprint density at radius 2 is 2.40 bits per heavy atom. The van der Waals surface area contributed by atoms with Gasteiger partial charge in [-0.2, -0.15) is 0 Å². The third-order valence-corrected chi connectivity index (χ3v) is 1.74. The van der Waals surface area contributed by atoms with Gasteiger partial charge in [0.1, 0.15) is 0 Å². The Bertz CT molecular complexity index is 114. The Hall–Kier alpha value is -0.500. The van der Waals surface area contributed by atoms with E-state index in [4.69, 9.17) is 4.74 Å². The Morgan fingerprint density at radius 3 is 2.90 bits per heavy atom. The minimum Gasteiger partial charge on any atom is -0.470 e. The normalized spacial score (nSPS) is 23.7. The van der Waals surface area contributed by atoms with Crippen molar-refractivity contribution in [1.82, 2.24) is 0 Å². The monoisotopic (exact) mass is 141 g/mol. The van der Waals surface area contributed by atoms with Crippen LogP contribution in [0.1, 0.15) is 25.7 Å². The van der Waals surface area contributed by atoms with E-state index in [-0.39, 0.29) is 0 Å². The zero-order valence-electron chi connectivity index (χ0n) is 6.05. The molecule has 1 aliphatic rings. The summed E-state index contributed by atoms with van der Waals surface area (Å²) in [5.74, 6) is -1.01. The van der Waals surface area contributed by atoms with Gasteiger partial charge >= 0.3 is 0 Å². The maximum atomic E-state index is 9.52. The van der Waals surface area contributed by atoms with E-state index in [9.17, 15) is 5.11 Å². The molecule has 1 fully saturated rings. The molecule has 0 heterocycles. The highest BCUT2D eigenvalue weighted by atomic mass is 16.6. The minimum absolute atomic E-state index is 0.693. The molecule has 1 atom stereocenters. The fourth-order valence-corrected chi connectivity index (χ4v) is 1.20. The molecule has 57 valence electrons. The molecule has 0 aromatic carbocycles. The van der Waals surface area contributed by atoms with Crippen LogP contribution in [0, 0.1) is 6.42 Å². The fourth-order valence-electron chi connectivity index (χ4n) is 1.20. The summed E-state index contributed by atoms with van der Waals surface area (Å²) < 4.78 is 4.93. The van der Waals surface area contributed by atoms with Crippen molar-refractivity contribution in [2.45, 2.75) is 31.5 Å². The van der Waals surface area contributed by atoms with Gasteiger partial charge in [-0.25, -0.2) is 0 Å². The second-order valence-electron chi connectivity index (χ2n) is 2.58. The summed E-state index contributed by atoms with van der Waals surface area (Å²) in [4.78, 5) is 0. The van der Waals surface area contributed by atoms with Gasteiger partial charge in [0, 0.05) is 12.8 Å². The minimum atomic E-state index is -1.01. The molecular weight excluding hydrogens is 128 g/mol. The molecule has 0 aromatic heterocycles. The van der Waals surface area contributed by atoms with Gasteiger partial charge in [-0.3, -0.25) is 0 Å². The van der Waals surface area contributed by atoms with Crippen LogP contribution in [0.4, 0.5) is 0 Å². The van der Waals surface area contributed by atoms with E-state index in [1.807, 2.05) is 0 Å². The molecular formula is C8H13O2. The highest BCUT2D eigenvalue weighted by molar-refractivity contribution is 4.89. The molecule has 2 nitrogen and oxygen atoms in total. The van der Waals surface area contributed by atoms with E-state index in [0.717, 1.165) is 19.3 Å². The number of hydrogen-bond donors (Lipinski definition) is 1. The van der Waals surface area contributed by atoms with Crippen LogP contribution in [0.15, 0.2) is 12.8 Å². The Balaban J connectivity index is 2.39. The molecule has 1 aliphatic carbocycles. The lowest BCUT2D eigenvalue weighted by Gasteiger charge is -2.30. The number of ether oxygens (including phenoxy) is 1. The molecule has 0 amide bonds. The molecule has 0 aromatic rings. The summed E-state index contributed by atoms with van der Waals surface area (Å²) in [5.41, 5.74) is 0. The van der Waals surface area contributed by atoms with Crippen LogP contribution in [-0.4, -0.2) is 10.9 Å². The smallest absolute Gasteiger partial charge is 0.210 e. The lowest BCUT2D eigenvalue weighted by Crippen LogP contribution is -2.33. The van der Waals surface area contributed by atoms with Crippen molar-refractivity contribution in [1.29, 1.82) is 0 Å². The van der Waals surface area contributed by atoms with Crippen LogP contribution >= 0.6 is 0 Å². The maximum absolute atomic E-state index is 9.52. The largest absolute Gasteiger partial charge is 0.470 e. The van der Waals surface area contributed by atoms with Crippen LogP contribution in [0.3, 0.4) is 0 Å². The molecule has 1 saturated carbocycles. The molecule has 0 saturated heterocycles. The summed E-state index contributed by atoms with van der Waals surface area (Å²) in [6.07, 6.45) is 6.91. The SMILES string of the molecule is C=COC1(O)[CH]CCCC1. The first-order valence-corrected chi connectivity index (χ1v) is 3.62. The number of hydrogen-bond acceptors (Lipinski definition) is 2. The third-order valence-electron chi connectivity index (χ3n) is 1.74. The second kappa shape index (κ2) is 3.06. The average molecular weight is 141 g/mol. The van der Waals surface area contributed by atoms with Gasteiger partial charge in [-0.15, -0.1) is 0 Å². The van der Waals surface area contributed by atoms with Crippen molar-refractivity contribution in [2.24, 2.45) is 0 Å². The maximum Gasteiger partial charge on any atom is 0.210 e. The number of aliphatic hydroxyl groups is 1. The highest BCUT2D eigenvalue weighted by Gasteiger charge is 2.29. The number of rotatable bonds is 2. The van der Waals surface area contributed by atoms with E-state index in [1.54, 1.807) is 6.42 Å². The van der Waals surface area contributed by atoms with Crippen molar-refractivity contribution in [3.05, 3.63) is 19.3 Å². The van der Waals surface area contributed by atoms with Crippen molar-refractivity contribution < 1.29 is 9.84 Å². The molecule has 1 unspecified atom stereocenters. The zero-order valence-corrected chi connectivity index (χ0v) is 6.05. The van der Waals surface area contributed by atoms with Gasteiger partial charge in [0.2, 0.25) is 5.79 Å². The van der Waals surface area contributed by atoms with Crippen LogP contribution in [0.25, 0.3) is 0 Å². The fraction of sp³-hybridized carbons (Fsp3) is 0.625. The summed E-state index contributed by atoms with van der Waals surface area (Å²) in [7, 11) is 0. The molecule has 1 N–H and O–H groups in total. The van der Waals surface area contributed by atoms with Gasteiger partial charge in [0.05, 0.1) is 6.26 Å². The Kier molecular flexibility index (Phi) is 2.33. The van der Waals surface area contributed by atoms with Gasteiger partial charge in [-0.05, 0) is 12.8 Å². The molecule has 1 radical (unpaired) electrons. The Labute approximate surface area is 61.5 Å². The van der Waals surface area contributed by atoms with E-state index in [1.165, 1.54) is 6.26 Å². The van der Waals surface area contributed by atoms with E-state index in [0.29, 0.717) is 6.42 Å². The summed E-state index contributed by atoms with van der Waals surface area (Å²) in [6.45, 7) is 3.40. The predicted octanol–water partition coefficient (Wildman–Crippen LogP) is 1.61. The van der Waals surface area contributed by atoms with Gasteiger partial charge in [0.15, 0.2) is 0 Å². The van der Waals surface area contributed by atoms with E-state index in [2.05, 4.69) is 6.58 Å². The molecule has 2 heteroatoms. The van der Waals surface area contributed by atoms with E-state index >= 15 is 0 Å².